The Morgan fingerprint density at radius 1 is 1.32 bits per heavy atom. The second-order valence-corrected chi connectivity index (χ2v) is 4.47. The average Bonchev–Trinajstić information content (AvgIpc) is 2.77. The van der Waals surface area contributed by atoms with Crippen molar-refractivity contribution in [2.75, 3.05) is 13.2 Å². The van der Waals surface area contributed by atoms with Gasteiger partial charge in [0.1, 0.15) is 18.0 Å². The number of nitrogens with one attached hydrogen (secondary N) is 1. The number of alkyl halides is 2. The molecule has 0 unspecified atom stereocenters. The standard InChI is InChI=1S/C14H17F2NO2/c1-2-12-11(7-17-8-14(15,16)9-18)10-5-3-4-6-13(10)19-12/h3-6,17-18H,2,7-9H2,1H3. The molecule has 0 bridgehead atoms. The number of aryl methyl sites for hydroxylation is 1. The summed E-state index contributed by atoms with van der Waals surface area (Å²) in [6, 6.07) is 7.55. The molecule has 3 nitrogen and oxygen atoms in total. The van der Waals surface area contributed by atoms with E-state index < -0.39 is 19.1 Å². The molecule has 2 aromatic rings. The molecule has 0 saturated carbocycles. The number of furan rings is 1. The zero-order valence-corrected chi connectivity index (χ0v) is 10.7. The van der Waals surface area contributed by atoms with E-state index in [0.29, 0.717) is 13.0 Å². The van der Waals surface area contributed by atoms with E-state index >= 15 is 0 Å². The number of halogens is 2. The average molecular weight is 269 g/mol. The van der Waals surface area contributed by atoms with Crippen LogP contribution in [0.3, 0.4) is 0 Å². The first-order valence-corrected chi connectivity index (χ1v) is 6.26. The molecule has 0 saturated heterocycles. The predicted molar refractivity (Wildman–Crippen MR) is 69.3 cm³/mol. The topological polar surface area (TPSA) is 45.4 Å². The first-order chi connectivity index (χ1) is 9.07. The Balaban J connectivity index is 2.15. The Hall–Kier alpha value is -1.46. The fraction of sp³-hybridized carbons (Fsp3) is 0.429. The van der Waals surface area contributed by atoms with Crippen molar-refractivity contribution in [2.24, 2.45) is 0 Å². The van der Waals surface area contributed by atoms with Crippen LogP contribution in [-0.2, 0) is 13.0 Å². The van der Waals surface area contributed by atoms with E-state index in [-0.39, 0.29) is 0 Å². The van der Waals surface area contributed by atoms with Crippen LogP contribution in [-0.4, -0.2) is 24.2 Å². The van der Waals surface area contributed by atoms with Gasteiger partial charge in [-0.15, -0.1) is 0 Å². The lowest BCUT2D eigenvalue weighted by molar-refractivity contribution is -0.0477. The first-order valence-electron chi connectivity index (χ1n) is 6.26. The number of hydrogen-bond acceptors (Lipinski definition) is 3. The largest absolute Gasteiger partial charge is 0.461 e. The summed E-state index contributed by atoms with van der Waals surface area (Å²) in [6.45, 7) is 0.568. The van der Waals surface area contributed by atoms with Crippen LogP contribution in [0.2, 0.25) is 0 Å². The number of hydrogen-bond donors (Lipinski definition) is 2. The quantitative estimate of drug-likeness (QED) is 0.847. The summed E-state index contributed by atoms with van der Waals surface area (Å²) in [4.78, 5) is 0. The van der Waals surface area contributed by atoms with Gasteiger partial charge in [-0.2, -0.15) is 0 Å². The third kappa shape index (κ3) is 3.11. The summed E-state index contributed by atoms with van der Waals surface area (Å²) in [5.41, 5.74) is 1.68. The molecule has 0 aliphatic rings. The van der Waals surface area contributed by atoms with Crippen LogP contribution in [0, 0.1) is 0 Å². The van der Waals surface area contributed by atoms with Gasteiger partial charge in [-0.25, -0.2) is 8.78 Å². The Morgan fingerprint density at radius 3 is 2.74 bits per heavy atom. The second-order valence-electron chi connectivity index (χ2n) is 4.47. The van der Waals surface area contributed by atoms with Crippen molar-refractivity contribution in [3.05, 3.63) is 35.6 Å². The maximum absolute atomic E-state index is 12.9. The maximum Gasteiger partial charge on any atom is 0.282 e. The summed E-state index contributed by atoms with van der Waals surface area (Å²) in [6.07, 6.45) is 0.710. The highest BCUT2D eigenvalue weighted by atomic mass is 19.3. The molecule has 0 amide bonds. The van der Waals surface area contributed by atoms with Gasteiger partial charge < -0.3 is 14.8 Å². The molecule has 0 radical (unpaired) electrons. The molecule has 1 aromatic carbocycles. The molecule has 1 aromatic heterocycles. The molecule has 0 fully saturated rings. The second kappa shape index (κ2) is 5.67. The monoisotopic (exact) mass is 269 g/mol. The highest BCUT2D eigenvalue weighted by Gasteiger charge is 2.27. The van der Waals surface area contributed by atoms with Crippen molar-refractivity contribution in [2.45, 2.75) is 25.8 Å². The Bertz CT molecular complexity index is 551. The maximum atomic E-state index is 12.9. The van der Waals surface area contributed by atoms with Crippen LogP contribution in [0.15, 0.2) is 28.7 Å². The molecule has 0 spiro atoms. The molecular weight excluding hydrogens is 252 g/mol. The van der Waals surface area contributed by atoms with Crippen LogP contribution >= 0.6 is 0 Å². The lowest BCUT2D eigenvalue weighted by Crippen LogP contribution is -2.35. The summed E-state index contributed by atoms with van der Waals surface area (Å²) in [5, 5.41) is 12.1. The Morgan fingerprint density at radius 2 is 2.05 bits per heavy atom. The molecule has 5 heteroatoms. The van der Waals surface area contributed by atoms with Gasteiger partial charge in [-0.3, -0.25) is 0 Å². The van der Waals surface area contributed by atoms with Crippen molar-refractivity contribution < 1.29 is 18.3 Å². The zero-order valence-electron chi connectivity index (χ0n) is 10.7. The third-order valence-electron chi connectivity index (χ3n) is 3.02. The normalized spacial score (nSPS) is 12.2. The highest BCUT2D eigenvalue weighted by molar-refractivity contribution is 5.82. The molecule has 0 aliphatic heterocycles. The number of para-hydroxylation sites is 1. The number of aliphatic hydroxyl groups is 1. The SMILES string of the molecule is CCc1oc2ccccc2c1CNCC(F)(F)CO. The van der Waals surface area contributed by atoms with Crippen LogP contribution in [0.5, 0.6) is 0 Å². The summed E-state index contributed by atoms with van der Waals surface area (Å²) in [7, 11) is 0. The number of rotatable bonds is 6. The molecule has 1 heterocycles. The van der Waals surface area contributed by atoms with Gasteiger partial charge in [0, 0.05) is 23.9 Å². The number of aliphatic hydroxyl groups excluding tert-OH is 1. The van der Waals surface area contributed by atoms with Gasteiger partial charge in [0.2, 0.25) is 0 Å². The molecule has 0 aliphatic carbocycles. The van der Waals surface area contributed by atoms with Crippen molar-refractivity contribution in [1.82, 2.24) is 5.32 Å². The molecule has 104 valence electrons. The minimum Gasteiger partial charge on any atom is -0.461 e. The Kier molecular flexibility index (Phi) is 4.17. The van der Waals surface area contributed by atoms with Gasteiger partial charge >= 0.3 is 0 Å². The van der Waals surface area contributed by atoms with Crippen molar-refractivity contribution >= 4 is 11.0 Å². The van der Waals surface area contributed by atoms with E-state index in [1.54, 1.807) is 0 Å². The predicted octanol–water partition coefficient (Wildman–Crippen LogP) is 2.71. The van der Waals surface area contributed by atoms with Crippen LogP contribution in [0.4, 0.5) is 8.78 Å². The molecule has 0 atom stereocenters. The van der Waals surface area contributed by atoms with E-state index in [9.17, 15) is 8.78 Å². The van der Waals surface area contributed by atoms with E-state index in [2.05, 4.69) is 5.32 Å². The number of fused-ring (bicyclic) bond motifs is 1. The fourth-order valence-corrected chi connectivity index (χ4v) is 2.06. The summed E-state index contributed by atoms with van der Waals surface area (Å²) < 4.78 is 31.6. The van der Waals surface area contributed by atoms with Crippen molar-refractivity contribution in [3.8, 4) is 0 Å². The van der Waals surface area contributed by atoms with Gasteiger partial charge in [0.15, 0.2) is 0 Å². The minimum absolute atomic E-state index is 0.301. The molecule has 2 N–H and O–H groups in total. The summed E-state index contributed by atoms with van der Waals surface area (Å²) >= 11 is 0. The fourth-order valence-electron chi connectivity index (χ4n) is 2.06. The smallest absolute Gasteiger partial charge is 0.282 e. The van der Waals surface area contributed by atoms with Crippen LogP contribution in [0.25, 0.3) is 11.0 Å². The molecular formula is C14H17F2NO2. The van der Waals surface area contributed by atoms with Crippen LogP contribution < -0.4 is 5.32 Å². The summed E-state index contributed by atoms with van der Waals surface area (Å²) in [5.74, 6) is -2.28. The number of benzene rings is 1. The van der Waals surface area contributed by atoms with Crippen molar-refractivity contribution in [1.29, 1.82) is 0 Å². The van der Waals surface area contributed by atoms with Gasteiger partial charge in [0.25, 0.3) is 5.92 Å². The highest BCUT2D eigenvalue weighted by Crippen LogP contribution is 2.26. The van der Waals surface area contributed by atoms with Crippen molar-refractivity contribution in [3.63, 3.8) is 0 Å². The lowest BCUT2D eigenvalue weighted by Gasteiger charge is -2.13. The van der Waals surface area contributed by atoms with Gasteiger partial charge in [0.05, 0.1) is 6.54 Å². The molecule has 2 rings (SSSR count). The van der Waals surface area contributed by atoms with Gasteiger partial charge in [-0.05, 0) is 6.07 Å². The minimum atomic E-state index is -3.09. The third-order valence-corrected chi connectivity index (χ3v) is 3.02. The van der Waals surface area contributed by atoms with E-state index in [4.69, 9.17) is 9.52 Å². The van der Waals surface area contributed by atoms with E-state index in [1.165, 1.54) is 0 Å². The van der Waals surface area contributed by atoms with E-state index in [1.807, 2.05) is 31.2 Å². The lowest BCUT2D eigenvalue weighted by atomic mass is 10.1. The van der Waals surface area contributed by atoms with E-state index in [0.717, 1.165) is 22.3 Å². The molecule has 19 heavy (non-hydrogen) atoms. The first kappa shape index (κ1) is 14.0. The van der Waals surface area contributed by atoms with Gasteiger partial charge in [-0.1, -0.05) is 25.1 Å². The van der Waals surface area contributed by atoms with Crippen LogP contribution in [0.1, 0.15) is 18.2 Å². The zero-order chi connectivity index (χ0) is 13.9. The Labute approximate surface area is 110 Å².